The number of hydrogen-bond acceptors (Lipinski definition) is 6. The number of fused-ring (bicyclic) bond motifs is 1. The van der Waals surface area contributed by atoms with Gasteiger partial charge in [0.15, 0.2) is 11.6 Å². The summed E-state index contributed by atoms with van der Waals surface area (Å²) >= 11 is 0. The molecule has 4 heterocycles. The Hall–Kier alpha value is -3.29. The number of rotatable bonds is 4. The number of nitrogens with zero attached hydrogens (tertiary/aromatic N) is 8. The molecule has 4 aromatic rings. The number of aromatic nitrogens is 7. The average Bonchev–Trinajstić information content (AvgIpc) is 3.39. The number of benzene rings is 1. The molecular weight excluding hydrogens is 364 g/mol. The van der Waals surface area contributed by atoms with E-state index in [1.807, 2.05) is 17.7 Å². The van der Waals surface area contributed by atoms with E-state index in [9.17, 15) is 0 Å². The predicted octanol–water partition coefficient (Wildman–Crippen LogP) is 2.70. The molecule has 1 aliphatic rings. The van der Waals surface area contributed by atoms with E-state index >= 15 is 0 Å². The van der Waals surface area contributed by atoms with E-state index in [2.05, 4.69) is 66.2 Å². The molecular formula is C21H24N8. The van der Waals surface area contributed by atoms with Crippen molar-refractivity contribution in [2.75, 3.05) is 18.0 Å². The fourth-order valence-electron chi connectivity index (χ4n) is 4.25. The van der Waals surface area contributed by atoms with Crippen molar-refractivity contribution in [3.8, 4) is 0 Å². The van der Waals surface area contributed by atoms with Crippen molar-refractivity contribution in [3.05, 3.63) is 60.3 Å². The largest absolute Gasteiger partial charge is 0.354 e. The van der Waals surface area contributed by atoms with Crippen molar-refractivity contribution in [2.45, 2.75) is 32.2 Å². The summed E-state index contributed by atoms with van der Waals surface area (Å²) < 4.78 is 4.14. The van der Waals surface area contributed by atoms with Gasteiger partial charge in [0, 0.05) is 49.2 Å². The van der Waals surface area contributed by atoms with Crippen LogP contribution in [0.15, 0.2) is 43.0 Å². The van der Waals surface area contributed by atoms with Crippen molar-refractivity contribution in [1.29, 1.82) is 0 Å². The maximum Gasteiger partial charge on any atom is 0.159 e. The highest BCUT2D eigenvalue weighted by Gasteiger charge is 2.28. The Morgan fingerprint density at radius 3 is 2.76 bits per heavy atom. The zero-order chi connectivity index (χ0) is 19.8. The molecule has 0 spiro atoms. The van der Waals surface area contributed by atoms with Crippen molar-refractivity contribution in [3.63, 3.8) is 0 Å². The third-order valence-corrected chi connectivity index (χ3v) is 5.82. The van der Waals surface area contributed by atoms with Crippen LogP contribution in [-0.4, -0.2) is 47.6 Å². The van der Waals surface area contributed by atoms with Crippen molar-refractivity contribution in [1.82, 2.24) is 34.5 Å². The first-order chi connectivity index (χ1) is 14.2. The monoisotopic (exact) mass is 388 g/mol. The molecule has 1 saturated heterocycles. The van der Waals surface area contributed by atoms with Gasteiger partial charge < -0.3 is 14.0 Å². The van der Waals surface area contributed by atoms with Gasteiger partial charge in [0.1, 0.15) is 5.82 Å². The van der Waals surface area contributed by atoms with Crippen LogP contribution in [0.2, 0.25) is 0 Å². The molecule has 1 aliphatic heterocycles. The lowest BCUT2D eigenvalue weighted by atomic mass is 9.96. The Bertz CT molecular complexity index is 1130. The maximum atomic E-state index is 4.56. The van der Waals surface area contributed by atoms with E-state index in [1.165, 1.54) is 10.8 Å². The molecule has 0 aliphatic carbocycles. The van der Waals surface area contributed by atoms with E-state index in [0.29, 0.717) is 12.5 Å². The van der Waals surface area contributed by atoms with Crippen LogP contribution in [0.25, 0.3) is 10.8 Å². The minimum absolute atomic E-state index is 0.319. The van der Waals surface area contributed by atoms with Gasteiger partial charge >= 0.3 is 0 Å². The van der Waals surface area contributed by atoms with E-state index in [0.717, 1.165) is 49.1 Å². The molecule has 0 saturated carbocycles. The van der Waals surface area contributed by atoms with Crippen molar-refractivity contribution < 1.29 is 0 Å². The molecule has 3 aromatic heterocycles. The van der Waals surface area contributed by atoms with Crippen LogP contribution in [0.1, 0.15) is 36.1 Å². The summed E-state index contributed by atoms with van der Waals surface area (Å²) in [6.45, 7) is 4.55. The molecule has 8 heteroatoms. The Morgan fingerprint density at radius 2 is 1.93 bits per heavy atom. The number of imidazole rings is 1. The second kappa shape index (κ2) is 7.27. The van der Waals surface area contributed by atoms with Crippen molar-refractivity contribution >= 4 is 16.6 Å². The van der Waals surface area contributed by atoms with Gasteiger partial charge in [-0.3, -0.25) is 0 Å². The van der Waals surface area contributed by atoms with Crippen LogP contribution in [0.4, 0.5) is 5.82 Å². The number of piperidine rings is 1. The molecule has 1 aromatic carbocycles. The van der Waals surface area contributed by atoms with Gasteiger partial charge in [-0.15, -0.1) is 15.3 Å². The van der Waals surface area contributed by atoms with Gasteiger partial charge in [0.05, 0.1) is 18.6 Å². The van der Waals surface area contributed by atoms with Gasteiger partial charge in [0.25, 0.3) is 0 Å². The van der Waals surface area contributed by atoms with E-state index < -0.39 is 0 Å². The topological polar surface area (TPSA) is 77.6 Å². The second-order valence-corrected chi connectivity index (χ2v) is 7.71. The third kappa shape index (κ3) is 3.24. The normalized spacial score (nSPS) is 17.2. The van der Waals surface area contributed by atoms with E-state index in [4.69, 9.17) is 0 Å². The zero-order valence-electron chi connectivity index (χ0n) is 16.7. The van der Waals surface area contributed by atoms with Crippen LogP contribution in [-0.2, 0) is 13.6 Å². The molecule has 1 fully saturated rings. The highest BCUT2D eigenvalue weighted by Crippen LogP contribution is 2.32. The molecule has 8 nitrogen and oxygen atoms in total. The van der Waals surface area contributed by atoms with Crippen LogP contribution >= 0.6 is 0 Å². The first-order valence-electron chi connectivity index (χ1n) is 10.0. The molecule has 0 amide bonds. The lowest BCUT2D eigenvalue weighted by Gasteiger charge is -2.33. The number of anilines is 1. The molecule has 148 valence electrons. The molecule has 0 radical (unpaired) electrons. The second-order valence-electron chi connectivity index (χ2n) is 7.71. The average molecular weight is 388 g/mol. The lowest BCUT2D eigenvalue weighted by molar-refractivity contribution is 0.475. The van der Waals surface area contributed by atoms with Gasteiger partial charge in [-0.1, -0.05) is 24.3 Å². The van der Waals surface area contributed by atoms with Gasteiger partial charge in [-0.25, -0.2) is 4.98 Å². The van der Waals surface area contributed by atoms with E-state index in [-0.39, 0.29) is 0 Å². The highest BCUT2D eigenvalue weighted by molar-refractivity contribution is 5.93. The van der Waals surface area contributed by atoms with Crippen LogP contribution in [0.3, 0.4) is 0 Å². The lowest BCUT2D eigenvalue weighted by Crippen LogP contribution is -2.36. The minimum Gasteiger partial charge on any atom is -0.354 e. The van der Waals surface area contributed by atoms with Gasteiger partial charge in [-0.2, -0.15) is 5.10 Å². The number of aryl methyl sites for hydroxylation is 1. The summed E-state index contributed by atoms with van der Waals surface area (Å²) in [4.78, 5) is 6.46. The summed E-state index contributed by atoms with van der Waals surface area (Å²) in [6.07, 6.45) is 7.72. The first-order valence-corrected chi connectivity index (χ1v) is 10.0. The molecule has 0 bridgehead atoms. The maximum absolute atomic E-state index is 4.56. The zero-order valence-corrected chi connectivity index (χ0v) is 16.7. The smallest absolute Gasteiger partial charge is 0.159 e. The minimum atomic E-state index is 0.319. The molecule has 0 N–H and O–H groups in total. The molecule has 1 atom stereocenters. The Morgan fingerprint density at radius 1 is 1.07 bits per heavy atom. The standard InChI is InChI=1S/C21H24N8/c1-15-17-7-3-4-8-18(17)21(26-23-15)29-10-5-6-16(12-29)20-25-24-19(27(20)2)13-28-11-9-22-14-28/h3-4,7-9,11,14,16H,5-6,10,12-13H2,1-2H3/t16-/m1/s1. The fourth-order valence-corrected chi connectivity index (χ4v) is 4.25. The summed E-state index contributed by atoms with van der Waals surface area (Å²) in [7, 11) is 2.06. The molecule has 29 heavy (non-hydrogen) atoms. The summed E-state index contributed by atoms with van der Waals surface area (Å²) in [6, 6.07) is 8.39. The SMILES string of the molecule is Cc1nnc(N2CCC[C@@H](c3nnc(Cn4ccnc4)n3C)C2)c2ccccc12. The van der Waals surface area contributed by atoms with Gasteiger partial charge in [0.2, 0.25) is 0 Å². The van der Waals surface area contributed by atoms with E-state index in [1.54, 1.807) is 12.5 Å². The molecule has 0 unspecified atom stereocenters. The van der Waals surface area contributed by atoms with Crippen LogP contribution in [0.5, 0.6) is 0 Å². The number of hydrogen-bond donors (Lipinski definition) is 0. The Kier molecular flexibility index (Phi) is 4.46. The van der Waals surface area contributed by atoms with Crippen LogP contribution < -0.4 is 4.90 Å². The fraction of sp³-hybridized carbons (Fsp3) is 0.381. The van der Waals surface area contributed by atoms with Crippen LogP contribution in [0, 0.1) is 6.92 Å². The predicted molar refractivity (Wildman–Crippen MR) is 111 cm³/mol. The third-order valence-electron chi connectivity index (χ3n) is 5.82. The Labute approximate surface area is 169 Å². The summed E-state index contributed by atoms with van der Waals surface area (Å²) in [5, 5.41) is 20.3. The summed E-state index contributed by atoms with van der Waals surface area (Å²) in [5.74, 6) is 3.27. The van der Waals surface area contributed by atoms with Gasteiger partial charge in [-0.05, 0) is 19.8 Å². The van der Waals surface area contributed by atoms with Crippen molar-refractivity contribution in [2.24, 2.45) is 7.05 Å². The quantitative estimate of drug-likeness (QED) is 0.535. The highest BCUT2D eigenvalue weighted by atomic mass is 15.3. The summed E-state index contributed by atoms with van der Waals surface area (Å²) in [5.41, 5.74) is 0.968. The molecule has 5 rings (SSSR count). The Balaban J connectivity index is 1.42. The first kappa shape index (κ1) is 17.8.